The molecule has 18 heavy (non-hydrogen) atoms. The highest BCUT2D eigenvalue weighted by Gasteiger charge is 2.16. The maximum atomic E-state index is 14.1. The average molecular weight is 310 g/mol. The first-order valence-corrected chi connectivity index (χ1v) is 6.26. The van der Waals surface area contributed by atoms with Gasteiger partial charge in [-0.15, -0.1) is 0 Å². The van der Waals surface area contributed by atoms with Gasteiger partial charge in [-0.1, -0.05) is 40.2 Å². The maximum Gasteiger partial charge on any atom is 0.170 e. The zero-order valence-corrected chi connectivity index (χ0v) is 11.4. The minimum absolute atomic E-state index is 0.208. The quantitative estimate of drug-likeness (QED) is 0.939. The van der Waals surface area contributed by atoms with Gasteiger partial charge in [-0.2, -0.15) is 0 Å². The molecule has 2 nitrogen and oxygen atoms in total. The van der Waals surface area contributed by atoms with E-state index in [9.17, 15) is 4.39 Å². The SMILES string of the molecule is COc1cccc(C(N)c2ccc(Br)cc2)c1F. The van der Waals surface area contributed by atoms with Crippen LogP contribution >= 0.6 is 15.9 Å². The van der Waals surface area contributed by atoms with Crippen LogP contribution in [0.1, 0.15) is 17.2 Å². The fourth-order valence-corrected chi connectivity index (χ4v) is 2.04. The Morgan fingerprint density at radius 3 is 2.44 bits per heavy atom. The molecule has 94 valence electrons. The zero-order valence-electron chi connectivity index (χ0n) is 9.86. The molecule has 2 aromatic carbocycles. The number of methoxy groups -OCH3 is 1. The van der Waals surface area contributed by atoms with E-state index in [1.165, 1.54) is 7.11 Å². The van der Waals surface area contributed by atoms with Crippen molar-refractivity contribution in [3.8, 4) is 5.75 Å². The molecular weight excluding hydrogens is 297 g/mol. The third-order valence-corrected chi connectivity index (χ3v) is 3.31. The van der Waals surface area contributed by atoms with E-state index >= 15 is 0 Å². The number of ether oxygens (including phenoxy) is 1. The van der Waals surface area contributed by atoms with Crippen molar-refractivity contribution < 1.29 is 9.13 Å². The van der Waals surface area contributed by atoms with Crippen LogP contribution in [0.5, 0.6) is 5.75 Å². The largest absolute Gasteiger partial charge is 0.494 e. The topological polar surface area (TPSA) is 35.2 Å². The van der Waals surface area contributed by atoms with Gasteiger partial charge in [0, 0.05) is 10.0 Å². The summed E-state index contributed by atoms with van der Waals surface area (Å²) in [6, 6.07) is 12.0. The van der Waals surface area contributed by atoms with Crippen LogP contribution in [0.2, 0.25) is 0 Å². The van der Waals surface area contributed by atoms with Gasteiger partial charge in [0.1, 0.15) is 0 Å². The molecule has 4 heteroatoms. The predicted molar refractivity (Wildman–Crippen MR) is 73.1 cm³/mol. The summed E-state index contributed by atoms with van der Waals surface area (Å²) in [5.74, 6) is -0.199. The molecule has 0 spiro atoms. The van der Waals surface area contributed by atoms with Gasteiger partial charge in [0.2, 0.25) is 0 Å². The van der Waals surface area contributed by atoms with Gasteiger partial charge >= 0.3 is 0 Å². The second kappa shape index (κ2) is 5.50. The summed E-state index contributed by atoms with van der Waals surface area (Å²) < 4.78 is 20.0. The van der Waals surface area contributed by atoms with Crippen molar-refractivity contribution in [1.82, 2.24) is 0 Å². The van der Waals surface area contributed by atoms with Crippen molar-refractivity contribution in [3.63, 3.8) is 0 Å². The van der Waals surface area contributed by atoms with Crippen LogP contribution in [-0.4, -0.2) is 7.11 Å². The Morgan fingerprint density at radius 2 is 1.83 bits per heavy atom. The van der Waals surface area contributed by atoms with Crippen molar-refractivity contribution in [2.45, 2.75) is 6.04 Å². The Labute approximate surface area is 114 Å². The van der Waals surface area contributed by atoms with Crippen LogP contribution in [0.3, 0.4) is 0 Å². The molecular formula is C14H13BrFNO. The molecule has 2 rings (SSSR count). The van der Waals surface area contributed by atoms with Crippen LogP contribution in [-0.2, 0) is 0 Å². The summed E-state index contributed by atoms with van der Waals surface area (Å²) in [7, 11) is 1.44. The first kappa shape index (κ1) is 13.1. The maximum absolute atomic E-state index is 14.1. The third kappa shape index (κ3) is 2.54. The van der Waals surface area contributed by atoms with Crippen molar-refractivity contribution >= 4 is 15.9 Å². The smallest absolute Gasteiger partial charge is 0.170 e. The Bertz CT molecular complexity index is 542. The lowest BCUT2D eigenvalue weighted by Crippen LogP contribution is -2.14. The number of hydrogen-bond donors (Lipinski definition) is 1. The third-order valence-electron chi connectivity index (χ3n) is 2.78. The van der Waals surface area contributed by atoms with E-state index in [1.807, 2.05) is 24.3 Å². The Kier molecular flexibility index (Phi) is 3.99. The number of benzene rings is 2. The van der Waals surface area contributed by atoms with Gasteiger partial charge < -0.3 is 10.5 Å². The molecule has 2 N–H and O–H groups in total. The monoisotopic (exact) mass is 309 g/mol. The van der Waals surface area contributed by atoms with Gasteiger partial charge in [-0.05, 0) is 23.8 Å². The summed E-state index contributed by atoms with van der Waals surface area (Å²) in [6.07, 6.45) is 0. The first-order chi connectivity index (χ1) is 8.63. The van der Waals surface area contributed by atoms with Crippen LogP contribution in [0.25, 0.3) is 0 Å². The number of halogens is 2. The molecule has 0 fully saturated rings. The normalized spacial score (nSPS) is 12.2. The standard InChI is InChI=1S/C14H13BrFNO/c1-18-12-4-2-3-11(13(12)16)14(17)9-5-7-10(15)8-6-9/h2-8,14H,17H2,1H3. The predicted octanol–water partition coefficient (Wildman–Crippen LogP) is 3.64. The van der Waals surface area contributed by atoms with E-state index in [0.29, 0.717) is 5.56 Å². The van der Waals surface area contributed by atoms with Crippen LogP contribution in [0, 0.1) is 5.82 Å². The molecule has 0 amide bonds. The van der Waals surface area contributed by atoms with Gasteiger partial charge in [0.15, 0.2) is 11.6 Å². The zero-order chi connectivity index (χ0) is 13.1. The lowest BCUT2D eigenvalue weighted by Gasteiger charge is -2.15. The molecule has 1 atom stereocenters. The molecule has 0 bridgehead atoms. The van der Waals surface area contributed by atoms with E-state index in [0.717, 1.165) is 10.0 Å². The van der Waals surface area contributed by atoms with Gasteiger partial charge in [-0.3, -0.25) is 0 Å². The van der Waals surface area contributed by atoms with Crippen molar-refractivity contribution in [2.24, 2.45) is 5.73 Å². The number of nitrogens with two attached hydrogens (primary N) is 1. The molecule has 0 aliphatic carbocycles. The first-order valence-electron chi connectivity index (χ1n) is 5.47. The molecule has 0 aliphatic heterocycles. The van der Waals surface area contributed by atoms with Crippen LogP contribution in [0.4, 0.5) is 4.39 Å². The fraction of sp³-hybridized carbons (Fsp3) is 0.143. The van der Waals surface area contributed by atoms with E-state index in [2.05, 4.69) is 15.9 Å². The van der Waals surface area contributed by atoms with E-state index in [-0.39, 0.29) is 5.75 Å². The fourth-order valence-electron chi connectivity index (χ4n) is 1.78. The van der Waals surface area contributed by atoms with Crippen molar-refractivity contribution in [2.75, 3.05) is 7.11 Å². The minimum atomic E-state index is -0.506. The molecule has 0 saturated heterocycles. The van der Waals surface area contributed by atoms with E-state index in [4.69, 9.17) is 10.5 Å². The molecule has 0 saturated carbocycles. The summed E-state index contributed by atoms with van der Waals surface area (Å²) in [5.41, 5.74) is 7.36. The summed E-state index contributed by atoms with van der Waals surface area (Å²) >= 11 is 3.35. The second-order valence-electron chi connectivity index (χ2n) is 3.89. The Balaban J connectivity index is 2.39. The second-order valence-corrected chi connectivity index (χ2v) is 4.81. The highest BCUT2D eigenvalue weighted by atomic mass is 79.9. The molecule has 2 aromatic rings. The van der Waals surface area contributed by atoms with Gasteiger partial charge in [0.05, 0.1) is 13.2 Å². The molecule has 0 aromatic heterocycles. The van der Waals surface area contributed by atoms with Crippen molar-refractivity contribution in [3.05, 3.63) is 63.9 Å². The molecule has 1 unspecified atom stereocenters. The van der Waals surface area contributed by atoms with E-state index in [1.54, 1.807) is 18.2 Å². The molecule has 0 heterocycles. The lowest BCUT2D eigenvalue weighted by molar-refractivity contribution is 0.383. The summed E-state index contributed by atoms with van der Waals surface area (Å²) in [4.78, 5) is 0. The highest BCUT2D eigenvalue weighted by Crippen LogP contribution is 2.28. The Hall–Kier alpha value is -1.39. The van der Waals surface area contributed by atoms with Crippen LogP contribution in [0.15, 0.2) is 46.9 Å². The summed E-state index contributed by atoms with van der Waals surface area (Å²) in [6.45, 7) is 0. The Morgan fingerprint density at radius 1 is 1.17 bits per heavy atom. The minimum Gasteiger partial charge on any atom is -0.494 e. The van der Waals surface area contributed by atoms with Crippen molar-refractivity contribution in [1.29, 1.82) is 0 Å². The van der Waals surface area contributed by atoms with Gasteiger partial charge in [-0.25, -0.2) is 4.39 Å². The number of rotatable bonds is 3. The molecule has 0 radical (unpaired) electrons. The lowest BCUT2D eigenvalue weighted by atomic mass is 9.99. The summed E-state index contributed by atoms with van der Waals surface area (Å²) in [5, 5.41) is 0. The number of hydrogen-bond acceptors (Lipinski definition) is 2. The average Bonchev–Trinajstić information content (AvgIpc) is 2.39. The van der Waals surface area contributed by atoms with Crippen LogP contribution < -0.4 is 10.5 Å². The highest BCUT2D eigenvalue weighted by molar-refractivity contribution is 9.10. The molecule has 0 aliphatic rings. The van der Waals surface area contributed by atoms with Gasteiger partial charge in [0.25, 0.3) is 0 Å². The van der Waals surface area contributed by atoms with E-state index < -0.39 is 11.9 Å².